The summed E-state index contributed by atoms with van der Waals surface area (Å²) in [6.07, 6.45) is 13.4. The fraction of sp³-hybridized carbons (Fsp3) is 1.00. The third kappa shape index (κ3) is 1.83. The molecule has 2 aliphatic carbocycles. The Morgan fingerprint density at radius 3 is 1.40 bits per heavy atom. The summed E-state index contributed by atoms with van der Waals surface area (Å²) in [5.41, 5.74) is 0. The van der Waals surface area contributed by atoms with Crippen molar-refractivity contribution in [3.8, 4) is 0 Å². The van der Waals surface area contributed by atoms with E-state index < -0.39 is 0 Å². The summed E-state index contributed by atoms with van der Waals surface area (Å²) >= 11 is 2.12. The van der Waals surface area contributed by atoms with Crippen molar-refractivity contribution in [3.05, 3.63) is 0 Å². The van der Waals surface area contributed by atoms with Gasteiger partial charge in [0, 0.05) is 0 Å². The number of hydrogen-bond acceptors (Lipinski definition) is 3. The van der Waals surface area contributed by atoms with E-state index in [1.165, 1.54) is 64.2 Å². The van der Waals surface area contributed by atoms with Gasteiger partial charge in [-0.15, -0.1) is 0 Å². The monoisotopic (exact) mass is 224 g/mol. The predicted octanol–water partition coefficient (Wildman–Crippen LogP) is 4.51. The molecular weight excluding hydrogens is 204 g/mol. The lowest BCUT2D eigenvalue weighted by molar-refractivity contribution is 0.390. The zero-order valence-electron chi connectivity index (χ0n) is 9.37. The molecule has 2 spiro atoms. The zero-order chi connectivity index (χ0) is 10.2. The quantitative estimate of drug-likeness (QED) is 0.594. The van der Waals surface area contributed by atoms with Crippen LogP contribution in [0, 0.1) is 0 Å². The van der Waals surface area contributed by atoms with E-state index in [0.717, 1.165) is 0 Å². The summed E-state index contributed by atoms with van der Waals surface area (Å²) in [6, 6.07) is 0. The van der Waals surface area contributed by atoms with E-state index in [-0.39, 0.29) is 9.74 Å². The smallest absolute Gasteiger partial charge is 0.129 e. The first-order valence-corrected chi connectivity index (χ1v) is 7.29. The van der Waals surface area contributed by atoms with Gasteiger partial charge in [0.05, 0.1) is 0 Å². The lowest BCUT2D eigenvalue weighted by Gasteiger charge is -2.34. The third-order valence-electron chi connectivity index (χ3n) is 4.06. The molecule has 2 saturated carbocycles. The highest BCUT2D eigenvalue weighted by atomic mass is 32.2. The fourth-order valence-corrected chi connectivity index (χ4v) is 5.05. The van der Waals surface area contributed by atoms with Crippen LogP contribution in [0.1, 0.15) is 64.2 Å². The van der Waals surface area contributed by atoms with Crippen molar-refractivity contribution >= 4 is 11.8 Å². The maximum Gasteiger partial charge on any atom is 0.129 e. The van der Waals surface area contributed by atoms with Crippen LogP contribution in [0.2, 0.25) is 0 Å². The van der Waals surface area contributed by atoms with Gasteiger partial charge in [0.25, 0.3) is 0 Å². The van der Waals surface area contributed by atoms with E-state index in [2.05, 4.69) is 11.8 Å². The summed E-state index contributed by atoms with van der Waals surface area (Å²) in [5, 5.41) is 9.38. The maximum absolute atomic E-state index is 4.69. The second kappa shape index (κ2) is 3.76. The van der Waals surface area contributed by atoms with Gasteiger partial charge in [-0.2, -0.15) is 10.2 Å². The van der Waals surface area contributed by atoms with Crippen LogP contribution in [0.3, 0.4) is 0 Å². The second-order valence-electron chi connectivity index (χ2n) is 5.32. The van der Waals surface area contributed by atoms with Crippen LogP contribution < -0.4 is 0 Å². The van der Waals surface area contributed by atoms with Crippen LogP contribution >= 0.6 is 11.8 Å². The van der Waals surface area contributed by atoms with E-state index >= 15 is 0 Å². The van der Waals surface area contributed by atoms with Gasteiger partial charge in [0.2, 0.25) is 0 Å². The zero-order valence-corrected chi connectivity index (χ0v) is 10.2. The van der Waals surface area contributed by atoms with Crippen LogP contribution in [0.25, 0.3) is 0 Å². The van der Waals surface area contributed by atoms with Gasteiger partial charge in [-0.1, -0.05) is 50.3 Å². The third-order valence-corrected chi connectivity index (χ3v) is 5.80. The van der Waals surface area contributed by atoms with E-state index in [1.54, 1.807) is 0 Å². The number of hydrogen-bond donors (Lipinski definition) is 0. The summed E-state index contributed by atoms with van der Waals surface area (Å²) < 4.78 is 0. The Labute approximate surface area is 96.3 Å². The SMILES string of the molecule is C1CCC2(CC1)N=NC1(CCCCC1)S2. The average Bonchev–Trinajstić information content (AvgIpc) is 2.60. The van der Waals surface area contributed by atoms with Gasteiger partial charge in [-0.25, -0.2) is 0 Å². The summed E-state index contributed by atoms with van der Waals surface area (Å²) in [4.78, 5) is 0.436. The molecule has 0 aromatic heterocycles. The normalized spacial score (nSPS) is 32.5. The van der Waals surface area contributed by atoms with Gasteiger partial charge in [-0.05, 0) is 25.7 Å². The molecule has 2 nitrogen and oxygen atoms in total. The Balaban J connectivity index is 1.74. The lowest BCUT2D eigenvalue weighted by atomic mass is 9.95. The molecular formula is C12H20N2S. The highest BCUT2D eigenvalue weighted by Gasteiger charge is 2.48. The van der Waals surface area contributed by atoms with Crippen molar-refractivity contribution in [1.82, 2.24) is 0 Å². The number of rotatable bonds is 0. The van der Waals surface area contributed by atoms with Gasteiger partial charge in [-0.3, -0.25) is 0 Å². The molecule has 3 heteroatoms. The molecule has 0 N–H and O–H groups in total. The molecule has 1 aliphatic heterocycles. The van der Waals surface area contributed by atoms with Crippen LogP contribution in [0.4, 0.5) is 0 Å². The van der Waals surface area contributed by atoms with Crippen LogP contribution in [-0.2, 0) is 0 Å². The second-order valence-corrected chi connectivity index (χ2v) is 7.04. The minimum atomic E-state index is 0.218. The highest BCUT2D eigenvalue weighted by Crippen LogP contribution is 2.57. The van der Waals surface area contributed by atoms with E-state index in [9.17, 15) is 0 Å². The van der Waals surface area contributed by atoms with Gasteiger partial charge < -0.3 is 0 Å². The topological polar surface area (TPSA) is 24.7 Å². The number of azo groups is 1. The Kier molecular flexibility index (Phi) is 2.54. The average molecular weight is 224 g/mol. The van der Waals surface area contributed by atoms with Gasteiger partial charge >= 0.3 is 0 Å². The predicted molar refractivity (Wildman–Crippen MR) is 64.1 cm³/mol. The minimum Gasteiger partial charge on any atom is -0.175 e. The molecule has 0 radical (unpaired) electrons. The molecule has 2 fully saturated rings. The molecule has 84 valence electrons. The van der Waals surface area contributed by atoms with Crippen molar-refractivity contribution < 1.29 is 0 Å². The van der Waals surface area contributed by atoms with Crippen molar-refractivity contribution in [2.45, 2.75) is 74.0 Å². The standard InChI is InChI=1S/C12H20N2S/c1-3-7-11(8-4-1)13-14-12(15-11)9-5-2-6-10-12/h1-10H2. The molecule has 0 atom stereocenters. The van der Waals surface area contributed by atoms with E-state index in [1.807, 2.05) is 0 Å². The van der Waals surface area contributed by atoms with Crippen molar-refractivity contribution in [1.29, 1.82) is 0 Å². The molecule has 1 heterocycles. The van der Waals surface area contributed by atoms with Crippen LogP contribution in [0.15, 0.2) is 10.2 Å². The molecule has 0 unspecified atom stereocenters. The van der Waals surface area contributed by atoms with E-state index in [4.69, 9.17) is 10.2 Å². The first kappa shape index (κ1) is 10.1. The van der Waals surface area contributed by atoms with Crippen LogP contribution in [-0.4, -0.2) is 9.74 Å². The molecule has 15 heavy (non-hydrogen) atoms. The number of nitrogens with zero attached hydrogens (tertiary/aromatic N) is 2. The summed E-state index contributed by atoms with van der Waals surface area (Å²) in [6.45, 7) is 0. The Bertz CT molecular complexity index is 237. The molecule has 0 aromatic rings. The molecule has 0 amide bonds. The summed E-state index contributed by atoms with van der Waals surface area (Å²) in [7, 11) is 0. The first-order chi connectivity index (χ1) is 7.33. The maximum atomic E-state index is 4.69. The fourth-order valence-electron chi connectivity index (χ4n) is 3.19. The van der Waals surface area contributed by atoms with Crippen molar-refractivity contribution in [2.75, 3.05) is 0 Å². The molecule has 0 saturated heterocycles. The van der Waals surface area contributed by atoms with Crippen LogP contribution in [0.5, 0.6) is 0 Å². The lowest BCUT2D eigenvalue weighted by Crippen LogP contribution is -2.29. The molecule has 3 rings (SSSR count). The molecule has 3 aliphatic rings. The highest BCUT2D eigenvalue weighted by molar-refractivity contribution is 8.02. The Morgan fingerprint density at radius 1 is 0.600 bits per heavy atom. The first-order valence-electron chi connectivity index (χ1n) is 6.47. The Hall–Kier alpha value is -0.0500. The largest absolute Gasteiger partial charge is 0.175 e. The Morgan fingerprint density at radius 2 is 1.00 bits per heavy atom. The molecule has 0 aromatic carbocycles. The van der Waals surface area contributed by atoms with Gasteiger partial charge in [0.15, 0.2) is 0 Å². The van der Waals surface area contributed by atoms with E-state index in [0.29, 0.717) is 0 Å². The van der Waals surface area contributed by atoms with Gasteiger partial charge in [0.1, 0.15) is 9.74 Å². The molecule has 0 bridgehead atoms. The summed E-state index contributed by atoms with van der Waals surface area (Å²) in [5.74, 6) is 0. The van der Waals surface area contributed by atoms with Crippen molar-refractivity contribution in [3.63, 3.8) is 0 Å². The minimum absolute atomic E-state index is 0.218. The number of thioether (sulfide) groups is 1. The van der Waals surface area contributed by atoms with Crippen molar-refractivity contribution in [2.24, 2.45) is 10.2 Å².